The van der Waals surface area contributed by atoms with Crippen LogP contribution in [0.25, 0.3) is 6.08 Å². The number of carbonyl (C=O) groups is 1. The molecule has 1 aromatic heterocycles. The van der Waals surface area contributed by atoms with E-state index in [0.29, 0.717) is 30.8 Å². The van der Waals surface area contributed by atoms with Gasteiger partial charge >= 0.3 is 0 Å². The highest BCUT2D eigenvalue weighted by Crippen LogP contribution is 2.21. The minimum absolute atomic E-state index is 0.0129. The summed E-state index contributed by atoms with van der Waals surface area (Å²) in [4.78, 5) is 13.3. The zero-order chi connectivity index (χ0) is 19.3. The number of sulfonamides is 1. The van der Waals surface area contributed by atoms with Crippen LogP contribution in [0.15, 0.2) is 52.7 Å². The van der Waals surface area contributed by atoms with E-state index < -0.39 is 10.0 Å². The molecule has 0 unspecified atom stereocenters. The molecule has 8 heteroatoms. The van der Waals surface area contributed by atoms with Gasteiger partial charge in [0.15, 0.2) is 0 Å². The molecule has 3 rings (SSSR count). The average molecular weight is 407 g/mol. The first-order valence-electron chi connectivity index (χ1n) is 8.71. The molecule has 2 N–H and O–H groups in total. The standard InChI is InChI=1S/C19H22N2O4S2/c22-13-15-12-17(26-14-15)6-7-19(23)20-16-8-10-21(11-9-16)27(24,25)18-4-2-1-3-5-18/h1-7,12,14,16,22H,8-11,13H2,(H,20,23)/b7-6+. The average Bonchev–Trinajstić information content (AvgIpc) is 3.16. The maximum absolute atomic E-state index is 12.6. The van der Waals surface area contributed by atoms with Crippen LogP contribution in [0.2, 0.25) is 0 Å². The van der Waals surface area contributed by atoms with Crippen LogP contribution >= 0.6 is 11.3 Å². The van der Waals surface area contributed by atoms with Gasteiger partial charge in [0.25, 0.3) is 0 Å². The summed E-state index contributed by atoms with van der Waals surface area (Å²) in [5.74, 6) is -0.196. The molecule has 1 saturated heterocycles. The van der Waals surface area contributed by atoms with Gasteiger partial charge in [0, 0.05) is 30.1 Å². The van der Waals surface area contributed by atoms with Gasteiger partial charge in [-0.2, -0.15) is 4.31 Å². The van der Waals surface area contributed by atoms with Crippen LogP contribution in [0, 0.1) is 0 Å². The monoisotopic (exact) mass is 406 g/mol. The molecular formula is C19H22N2O4S2. The second-order valence-electron chi connectivity index (χ2n) is 6.35. The Morgan fingerprint density at radius 2 is 1.96 bits per heavy atom. The fraction of sp³-hybridized carbons (Fsp3) is 0.316. The molecule has 1 aromatic carbocycles. The molecule has 0 atom stereocenters. The number of benzene rings is 1. The molecule has 27 heavy (non-hydrogen) atoms. The van der Waals surface area contributed by atoms with Crippen LogP contribution in [0.1, 0.15) is 23.3 Å². The van der Waals surface area contributed by atoms with Crippen LogP contribution in [-0.2, 0) is 21.4 Å². The number of carbonyl (C=O) groups excluding carboxylic acids is 1. The number of thiophene rings is 1. The van der Waals surface area contributed by atoms with Crippen molar-refractivity contribution in [2.45, 2.75) is 30.4 Å². The Labute approximate surface area is 163 Å². The number of hydrogen-bond donors (Lipinski definition) is 2. The molecule has 144 valence electrons. The number of nitrogens with one attached hydrogen (secondary N) is 1. The smallest absolute Gasteiger partial charge is 0.244 e. The van der Waals surface area contributed by atoms with Gasteiger partial charge in [-0.1, -0.05) is 18.2 Å². The SMILES string of the molecule is O=C(/C=C/c1cc(CO)cs1)NC1CCN(S(=O)(=O)c2ccccc2)CC1. The van der Waals surface area contributed by atoms with Gasteiger partial charge in [0.2, 0.25) is 15.9 Å². The highest BCUT2D eigenvalue weighted by Gasteiger charge is 2.29. The number of piperidine rings is 1. The minimum Gasteiger partial charge on any atom is -0.392 e. The van der Waals surface area contributed by atoms with Crippen molar-refractivity contribution in [2.24, 2.45) is 0 Å². The van der Waals surface area contributed by atoms with E-state index in [-0.39, 0.29) is 18.6 Å². The lowest BCUT2D eigenvalue weighted by Crippen LogP contribution is -2.46. The van der Waals surface area contributed by atoms with Gasteiger partial charge in [0.05, 0.1) is 11.5 Å². The Bertz CT molecular complexity index is 899. The third-order valence-corrected chi connectivity index (χ3v) is 7.30. The lowest BCUT2D eigenvalue weighted by atomic mass is 10.1. The Morgan fingerprint density at radius 1 is 1.26 bits per heavy atom. The molecule has 0 spiro atoms. The molecule has 6 nitrogen and oxygen atoms in total. The zero-order valence-electron chi connectivity index (χ0n) is 14.7. The van der Waals surface area contributed by atoms with E-state index in [4.69, 9.17) is 5.11 Å². The van der Waals surface area contributed by atoms with Crippen LogP contribution in [0.3, 0.4) is 0 Å². The van der Waals surface area contributed by atoms with E-state index in [1.165, 1.54) is 21.7 Å². The van der Waals surface area contributed by atoms with Crippen LogP contribution in [-0.4, -0.2) is 42.9 Å². The van der Waals surface area contributed by atoms with Crippen molar-refractivity contribution in [2.75, 3.05) is 13.1 Å². The number of rotatable bonds is 6. The highest BCUT2D eigenvalue weighted by atomic mass is 32.2. The molecular weight excluding hydrogens is 384 g/mol. The quantitative estimate of drug-likeness (QED) is 0.720. The van der Waals surface area contributed by atoms with Crippen molar-refractivity contribution in [1.82, 2.24) is 9.62 Å². The molecule has 0 saturated carbocycles. The molecule has 1 aliphatic rings. The molecule has 2 heterocycles. The molecule has 2 aromatic rings. The normalized spacial score (nSPS) is 16.6. The summed E-state index contributed by atoms with van der Waals surface area (Å²) in [6.07, 6.45) is 4.35. The van der Waals surface area contributed by atoms with Crippen LogP contribution in [0.4, 0.5) is 0 Å². The summed E-state index contributed by atoms with van der Waals surface area (Å²) in [5.41, 5.74) is 0.826. The van der Waals surface area contributed by atoms with Gasteiger partial charge in [-0.25, -0.2) is 8.42 Å². The fourth-order valence-corrected chi connectivity index (χ4v) is 5.24. The summed E-state index contributed by atoms with van der Waals surface area (Å²) in [6, 6.07) is 10.2. The number of nitrogens with zero attached hydrogens (tertiary/aromatic N) is 1. The summed E-state index contributed by atoms with van der Waals surface area (Å²) in [6.45, 7) is 0.758. The Kier molecular flexibility index (Phi) is 6.43. The van der Waals surface area contributed by atoms with Crippen molar-refractivity contribution in [3.05, 3.63) is 58.3 Å². The third-order valence-electron chi connectivity index (χ3n) is 4.44. The highest BCUT2D eigenvalue weighted by molar-refractivity contribution is 7.89. The second-order valence-corrected chi connectivity index (χ2v) is 9.23. The van der Waals surface area contributed by atoms with Crippen LogP contribution in [0.5, 0.6) is 0 Å². The number of aliphatic hydroxyl groups excluding tert-OH is 1. The molecule has 1 amide bonds. The van der Waals surface area contributed by atoms with E-state index in [2.05, 4.69) is 5.32 Å². The maximum atomic E-state index is 12.6. The first kappa shape index (κ1) is 19.8. The third kappa shape index (κ3) is 5.04. The van der Waals surface area contributed by atoms with Gasteiger partial charge in [-0.05, 0) is 48.1 Å². The van der Waals surface area contributed by atoms with Crippen LogP contribution < -0.4 is 5.32 Å². The van der Waals surface area contributed by atoms with E-state index >= 15 is 0 Å². The number of aliphatic hydroxyl groups is 1. The van der Waals surface area contributed by atoms with Gasteiger partial charge in [-0.3, -0.25) is 4.79 Å². The molecule has 0 aliphatic carbocycles. The molecule has 0 radical (unpaired) electrons. The van der Waals surface area contributed by atoms with Crippen molar-refractivity contribution in [3.8, 4) is 0 Å². The largest absolute Gasteiger partial charge is 0.392 e. The van der Waals surface area contributed by atoms with Gasteiger partial charge < -0.3 is 10.4 Å². The van der Waals surface area contributed by atoms with Gasteiger partial charge in [-0.15, -0.1) is 11.3 Å². The van der Waals surface area contributed by atoms with Gasteiger partial charge in [0.1, 0.15) is 0 Å². The maximum Gasteiger partial charge on any atom is 0.244 e. The van der Waals surface area contributed by atoms with Crippen molar-refractivity contribution >= 4 is 33.3 Å². The van der Waals surface area contributed by atoms with E-state index in [9.17, 15) is 13.2 Å². The van der Waals surface area contributed by atoms with Crippen molar-refractivity contribution in [3.63, 3.8) is 0 Å². The number of hydrogen-bond acceptors (Lipinski definition) is 5. The first-order chi connectivity index (χ1) is 13.0. The predicted molar refractivity (Wildman–Crippen MR) is 106 cm³/mol. The zero-order valence-corrected chi connectivity index (χ0v) is 16.4. The lowest BCUT2D eigenvalue weighted by Gasteiger charge is -2.31. The summed E-state index contributed by atoms with van der Waals surface area (Å²) in [5, 5.41) is 13.8. The molecule has 0 bridgehead atoms. The van der Waals surface area contributed by atoms with Crippen molar-refractivity contribution < 1.29 is 18.3 Å². The van der Waals surface area contributed by atoms with E-state index in [0.717, 1.165) is 10.4 Å². The van der Waals surface area contributed by atoms with E-state index in [1.54, 1.807) is 36.4 Å². The summed E-state index contributed by atoms with van der Waals surface area (Å²) >= 11 is 1.46. The minimum atomic E-state index is -3.47. The van der Waals surface area contributed by atoms with E-state index in [1.807, 2.05) is 11.4 Å². The first-order valence-corrected chi connectivity index (χ1v) is 11.0. The Morgan fingerprint density at radius 3 is 2.59 bits per heavy atom. The predicted octanol–water partition coefficient (Wildman–Crippen LogP) is 2.22. The number of amides is 1. The Hall–Kier alpha value is -2.00. The summed E-state index contributed by atoms with van der Waals surface area (Å²) in [7, 11) is -3.47. The second kappa shape index (κ2) is 8.79. The lowest BCUT2D eigenvalue weighted by molar-refractivity contribution is -0.117. The topological polar surface area (TPSA) is 86.7 Å². The summed E-state index contributed by atoms with van der Waals surface area (Å²) < 4.78 is 26.7. The fourth-order valence-electron chi connectivity index (χ4n) is 2.95. The molecule has 1 aliphatic heterocycles. The molecule has 1 fully saturated rings. The Balaban J connectivity index is 1.51. The van der Waals surface area contributed by atoms with Crippen molar-refractivity contribution in [1.29, 1.82) is 0 Å².